The van der Waals surface area contributed by atoms with Gasteiger partial charge in [0.2, 0.25) is 5.91 Å². The predicted molar refractivity (Wildman–Crippen MR) is 98.3 cm³/mol. The van der Waals surface area contributed by atoms with Crippen molar-refractivity contribution < 1.29 is 14.4 Å². The molecule has 2 fully saturated rings. The lowest BCUT2D eigenvalue weighted by molar-refractivity contribution is -0.135. The Morgan fingerprint density at radius 3 is 2.42 bits per heavy atom. The Labute approximate surface area is 154 Å². The molecule has 1 heterocycles. The van der Waals surface area contributed by atoms with Crippen LogP contribution in [-0.4, -0.2) is 35.3 Å². The highest BCUT2D eigenvalue weighted by Crippen LogP contribution is 2.29. The second-order valence-electron chi connectivity index (χ2n) is 7.84. The van der Waals surface area contributed by atoms with Crippen LogP contribution in [0.3, 0.4) is 0 Å². The third-order valence-electron chi connectivity index (χ3n) is 5.59. The smallest absolute Gasteiger partial charge is 0.325 e. The molecule has 1 aromatic rings. The maximum absolute atomic E-state index is 12.9. The fraction of sp³-hybridized carbons (Fsp3) is 0.550. The molecule has 0 aromatic heterocycles. The molecule has 1 saturated heterocycles. The van der Waals surface area contributed by atoms with Crippen LogP contribution in [0.2, 0.25) is 0 Å². The van der Waals surface area contributed by atoms with Crippen molar-refractivity contribution >= 4 is 17.8 Å². The van der Waals surface area contributed by atoms with Gasteiger partial charge in [-0.2, -0.15) is 0 Å². The maximum atomic E-state index is 12.9. The molecule has 2 N–H and O–H groups in total. The quantitative estimate of drug-likeness (QED) is 0.813. The van der Waals surface area contributed by atoms with Gasteiger partial charge in [-0.1, -0.05) is 36.8 Å². The zero-order valence-corrected chi connectivity index (χ0v) is 15.7. The molecule has 1 aromatic carbocycles. The zero-order valence-electron chi connectivity index (χ0n) is 15.7. The molecule has 0 spiro atoms. The third-order valence-corrected chi connectivity index (χ3v) is 5.59. The first-order chi connectivity index (χ1) is 12.3. The Kier molecular flexibility index (Phi) is 5.03. The largest absolute Gasteiger partial charge is 0.352 e. The van der Waals surface area contributed by atoms with Gasteiger partial charge >= 0.3 is 6.03 Å². The molecule has 1 saturated carbocycles. The van der Waals surface area contributed by atoms with Gasteiger partial charge in [0.1, 0.15) is 12.1 Å². The van der Waals surface area contributed by atoms with Crippen LogP contribution in [0.1, 0.15) is 50.7 Å². The van der Waals surface area contributed by atoms with Gasteiger partial charge in [0.15, 0.2) is 0 Å². The van der Waals surface area contributed by atoms with E-state index in [0.717, 1.165) is 36.1 Å². The first-order valence-corrected chi connectivity index (χ1v) is 9.30. The van der Waals surface area contributed by atoms with Gasteiger partial charge in [-0.3, -0.25) is 14.5 Å². The molecule has 2 aliphatic rings. The van der Waals surface area contributed by atoms with Gasteiger partial charge in [0, 0.05) is 6.04 Å². The average Bonchev–Trinajstić information content (AvgIpc) is 2.82. The standard InChI is InChI=1S/C20H27N3O3/c1-13-4-8-15(9-5-13)20(3)18(25)23(19(26)22-20)12-17(24)21-16-10-6-14(2)7-11-16/h4-5,8-9,14,16H,6-7,10-12H2,1-3H3,(H,21,24)(H,22,26)/t14?,16?,20-/m0/s1. The lowest BCUT2D eigenvalue weighted by Crippen LogP contribution is -2.46. The van der Waals surface area contributed by atoms with Gasteiger partial charge in [-0.25, -0.2) is 4.79 Å². The second kappa shape index (κ2) is 7.09. The summed E-state index contributed by atoms with van der Waals surface area (Å²) in [5.41, 5.74) is 0.656. The minimum atomic E-state index is -1.13. The minimum Gasteiger partial charge on any atom is -0.352 e. The fourth-order valence-corrected chi connectivity index (χ4v) is 3.74. The van der Waals surface area contributed by atoms with Crippen LogP contribution in [0.5, 0.6) is 0 Å². The van der Waals surface area contributed by atoms with E-state index in [1.165, 1.54) is 0 Å². The van der Waals surface area contributed by atoms with Crippen molar-refractivity contribution in [2.75, 3.05) is 6.54 Å². The van der Waals surface area contributed by atoms with E-state index in [9.17, 15) is 14.4 Å². The van der Waals surface area contributed by atoms with Gasteiger partial charge < -0.3 is 10.6 Å². The second-order valence-corrected chi connectivity index (χ2v) is 7.84. The number of carbonyl (C=O) groups is 3. The summed E-state index contributed by atoms with van der Waals surface area (Å²) < 4.78 is 0. The molecule has 0 unspecified atom stereocenters. The number of hydrogen-bond donors (Lipinski definition) is 2. The average molecular weight is 357 g/mol. The molecule has 4 amide bonds. The minimum absolute atomic E-state index is 0.142. The van der Waals surface area contributed by atoms with E-state index in [-0.39, 0.29) is 18.5 Å². The van der Waals surface area contributed by atoms with Crippen molar-refractivity contribution in [2.24, 2.45) is 5.92 Å². The van der Waals surface area contributed by atoms with Crippen molar-refractivity contribution in [2.45, 2.75) is 58.0 Å². The van der Waals surface area contributed by atoms with Crippen molar-refractivity contribution in [3.8, 4) is 0 Å². The highest BCUT2D eigenvalue weighted by atomic mass is 16.2. The number of benzene rings is 1. The van der Waals surface area contributed by atoms with Crippen molar-refractivity contribution in [1.29, 1.82) is 0 Å². The summed E-state index contributed by atoms with van der Waals surface area (Å²) >= 11 is 0. The number of hydrogen-bond acceptors (Lipinski definition) is 3. The number of nitrogens with one attached hydrogen (secondary N) is 2. The van der Waals surface area contributed by atoms with Crippen LogP contribution in [0.15, 0.2) is 24.3 Å². The Bertz CT molecular complexity index is 708. The molecule has 1 atom stereocenters. The van der Waals surface area contributed by atoms with Gasteiger partial charge in [0.05, 0.1) is 0 Å². The molecule has 140 valence electrons. The summed E-state index contributed by atoms with van der Waals surface area (Å²) in [6.45, 7) is 5.62. The lowest BCUT2D eigenvalue weighted by atomic mass is 9.87. The molecule has 1 aliphatic carbocycles. The van der Waals surface area contributed by atoms with Crippen molar-refractivity contribution in [1.82, 2.24) is 15.5 Å². The van der Waals surface area contributed by atoms with Gasteiger partial charge in [-0.05, 0) is 51.0 Å². The Hall–Kier alpha value is -2.37. The van der Waals surface area contributed by atoms with E-state index < -0.39 is 17.5 Å². The molecular weight excluding hydrogens is 330 g/mol. The number of nitrogens with zero attached hydrogens (tertiary/aromatic N) is 1. The zero-order chi connectivity index (χ0) is 18.9. The Morgan fingerprint density at radius 2 is 1.81 bits per heavy atom. The third kappa shape index (κ3) is 3.59. The number of aryl methyl sites for hydroxylation is 1. The SMILES string of the molecule is Cc1ccc([C@]2(C)NC(=O)N(CC(=O)NC3CCC(C)CC3)C2=O)cc1. The molecular formula is C20H27N3O3. The Balaban J connectivity index is 1.65. The number of carbonyl (C=O) groups excluding carboxylic acids is 3. The number of rotatable bonds is 4. The van der Waals surface area contributed by atoms with Crippen molar-refractivity contribution in [3.05, 3.63) is 35.4 Å². The van der Waals surface area contributed by atoms with E-state index in [1.807, 2.05) is 31.2 Å². The van der Waals surface area contributed by atoms with Crippen LogP contribution in [-0.2, 0) is 15.1 Å². The first kappa shape index (κ1) is 18.4. The van der Waals surface area contributed by atoms with E-state index in [0.29, 0.717) is 11.5 Å². The van der Waals surface area contributed by atoms with Gasteiger partial charge in [0.25, 0.3) is 5.91 Å². The van der Waals surface area contributed by atoms with E-state index in [4.69, 9.17) is 0 Å². The topological polar surface area (TPSA) is 78.5 Å². The fourth-order valence-electron chi connectivity index (χ4n) is 3.74. The lowest BCUT2D eigenvalue weighted by Gasteiger charge is -2.27. The highest BCUT2D eigenvalue weighted by Gasteiger charge is 2.49. The molecule has 6 heteroatoms. The number of urea groups is 1. The van der Waals surface area contributed by atoms with Crippen LogP contribution in [0.4, 0.5) is 4.79 Å². The predicted octanol–water partition coefficient (Wildman–Crippen LogP) is 2.46. The molecule has 26 heavy (non-hydrogen) atoms. The van der Waals surface area contributed by atoms with Crippen LogP contribution in [0.25, 0.3) is 0 Å². The normalized spacial score (nSPS) is 28.8. The summed E-state index contributed by atoms with van der Waals surface area (Å²) in [6.07, 6.45) is 4.10. The first-order valence-electron chi connectivity index (χ1n) is 9.30. The molecule has 1 aliphatic heterocycles. The molecule has 0 radical (unpaired) electrons. The summed E-state index contributed by atoms with van der Waals surface area (Å²) in [5.74, 6) is 0.0317. The summed E-state index contributed by atoms with van der Waals surface area (Å²) in [4.78, 5) is 38.5. The summed E-state index contributed by atoms with van der Waals surface area (Å²) in [6, 6.07) is 7.09. The van der Waals surface area contributed by atoms with E-state index in [1.54, 1.807) is 6.92 Å². The monoisotopic (exact) mass is 357 g/mol. The van der Waals surface area contributed by atoms with E-state index in [2.05, 4.69) is 17.6 Å². The summed E-state index contributed by atoms with van der Waals surface area (Å²) in [5, 5.41) is 5.71. The Morgan fingerprint density at radius 1 is 1.19 bits per heavy atom. The molecule has 6 nitrogen and oxygen atoms in total. The van der Waals surface area contributed by atoms with Crippen LogP contribution >= 0.6 is 0 Å². The highest BCUT2D eigenvalue weighted by molar-refractivity contribution is 6.09. The summed E-state index contributed by atoms with van der Waals surface area (Å²) in [7, 11) is 0. The maximum Gasteiger partial charge on any atom is 0.325 e. The number of imide groups is 1. The van der Waals surface area contributed by atoms with E-state index >= 15 is 0 Å². The van der Waals surface area contributed by atoms with Gasteiger partial charge in [-0.15, -0.1) is 0 Å². The van der Waals surface area contributed by atoms with Crippen LogP contribution in [0, 0.1) is 12.8 Å². The number of amides is 4. The van der Waals surface area contributed by atoms with Crippen LogP contribution < -0.4 is 10.6 Å². The molecule has 3 rings (SSSR count). The molecule has 0 bridgehead atoms. The van der Waals surface area contributed by atoms with Crippen molar-refractivity contribution in [3.63, 3.8) is 0 Å².